The summed E-state index contributed by atoms with van der Waals surface area (Å²) >= 11 is 0. The molecule has 0 aromatic heterocycles. The van der Waals surface area contributed by atoms with E-state index in [-0.39, 0.29) is 17.9 Å². The molecule has 1 aromatic rings. The molecule has 1 nitrogen and oxygen atoms in total. The first-order chi connectivity index (χ1) is 8.25. The average molecular weight is 264 g/mol. The highest BCUT2D eigenvalue weighted by Gasteiger charge is 2.35. The Morgan fingerprint density at radius 1 is 1.28 bits per heavy atom. The van der Waals surface area contributed by atoms with Crippen LogP contribution >= 0.6 is 0 Å². The van der Waals surface area contributed by atoms with Crippen LogP contribution in [0.5, 0.6) is 0 Å². The van der Waals surface area contributed by atoms with Gasteiger partial charge < -0.3 is 5.11 Å². The quantitative estimate of drug-likeness (QED) is 0.803. The van der Waals surface area contributed by atoms with Gasteiger partial charge in [-0.1, -0.05) is 20.3 Å². The molecule has 0 bridgehead atoms. The third-order valence-electron chi connectivity index (χ3n) is 3.00. The maximum atomic E-state index is 13.0. The fourth-order valence-corrected chi connectivity index (χ4v) is 1.74. The summed E-state index contributed by atoms with van der Waals surface area (Å²) in [6.07, 6.45) is -4.96. The fourth-order valence-electron chi connectivity index (χ4n) is 1.74. The van der Waals surface area contributed by atoms with Crippen molar-refractivity contribution < 1.29 is 22.7 Å². The van der Waals surface area contributed by atoms with Crippen LogP contribution in [0.1, 0.15) is 43.9 Å². The Hall–Kier alpha value is -1.10. The molecular weight excluding hydrogens is 248 g/mol. The third-order valence-corrected chi connectivity index (χ3v) is 3.00. The van der Waals surface area contributed by atoms with Crippen molar-refractivity contribution >= 4 is 0 Å². The second-order valence-corrected chi connectivity index (χ2v) is 4.49. The Labute approximate surface area is 103 Å². The van der Waals surface area contributed by atoms with E-state index in [0.717, 1.165) is 18.6 Å². The van der Waals surface area contributed by atoms with Gasteiger partial charge in [0.15, 0.2) is 0 Å². The van der Waals surface area contributed by atoms with Crippen molar-refractivity contribution in [3.8, 4) is 0 Å². The molecule has 102 valence electrons. The van der Waals surface area contributed by atoms with E-state index in [1.165, 1.54) is 0 Å². The van der Waals surface area contributed by atoms with E-state index in [2.05, 4.69) is 0 Å². The zero-order valence-electron chi connectivity index (χ0n) is 10.3. The molecule has 0 fully saturated rings. The van der Waals surface area contributed by atoms with Crippen molar-refractivity contribution in [1.82, 2.24) is 0 Å². The van der Waals surface area contributed by atoms with Crippen LogP contribution in [-0.2, 0) is 6.18 Å². The largest absolute Gasteiger partial charge is 0.416 e. The topological polar surface area (TPSA) is 20.2 Å². The molecule has 5 heteroatoms. The molecule has 0 aliphatic heterocycles. The zero-order chi connectivity index (χ0) is 13.9. The lowest BCUT2D eigenvalue weighted by Crippen LogP contribution is -2.14. The predicted octanol–water partition coefficient (Wildman–Crippen LogP) is 4.31. The van der Waals surface area contributed by atoms with Crippen molar-refractivity contribution in [1.29, 1.82) is 0 Å². The Bertz CT molecular complexity index is 400. The minimum Gasteiger partial charge on any atom is -0.388 e. The van der Waals surface area contributed by atoms with Gasteiger partial charge in [0.05, 0.1) is 11.7 Å². The van der Waals surface area contributed by atoms with Gasteiger partial charge in [-0.05, 0) is 36.1 Å². The summed E-state index contributed by atoms with van der Waals surface area (Å²) in [6, 6.07) is 2.18. The molecule has 0 heterocycles. The molecule has 18 heavy (non-hydrogen) atoms. The first-order valence-electron chi connectivity index (χ1n) is 5.80. The highest BCUT2D eigenvalue weighted by atomic mass is 19.4. The number of aliphatic hydroxyl groups is 1. The molecule has 2 unspecified atom stereocenters. The number of hydrogen-bond acceptors (Lipinski definition) is 1. The van der Waals surface area contributed by atoms with Gasteiger partial charge in [-0.25, -0.2) is 4.39 Å². The van der Waals surface area contributed by atoms with Gasteiger partial charge in [0.2, 0.25) is 0 Å². The first-order valence-corrected chi connectivity index (χ1v) is 5.80. The monoisotopic (exact) mass is 264 g/mol. The van der Waals surface area contributed by atoms with Gasteiger partial charge in [-0.15, -0.1) is 0 Å². The van der Waals surface area contributed by atoms with E-state index in [1.54, 1.807) is 0 Å². The van der Waals surface area contributed by atoms with Crippen molar-refractivity contribution in [3.63, 3.8) is 0 Å². The summed E-state index contributed by atoms with van der Waals surface area (Å²) < 4.78 is 51.2. The zero-order valence-corrected chi connectivity index (χ0v) is 10.3. The molecule has 0 radical (unpaired) electrons. The highest BCUT2D eigenvalue weighted by Crippen LogP contribution is 2.36. The molecular formula is C13H16F4O. The number of alkyl halides is 3. The lowest BCUT2D eigenvalue weighted by Gasteiger charge is -2.20. The van der Waals surface area contributed by atoms with Crippen LogP contribution in [0.25, 0.3) is 0 Å². The molecule has 1 aromatic carbocycles. The van der Waals surface area contributed by atoms with Crippen molar-refractivity contribution in [2.24, 2.45) is 5.92 Å². The van der Waals surface area contributed by atoms with Gasteiger partial charge in [0.25, 0.3) is 0 Å². The average Bonchev–Trinajstić information content (AvgIpc) is 2.26. The van der Waals surface area contributed by atoms with Crippen LogP contribution in [0.4, 0.5) is 17.6 Å². The summed E-state index contributed by atoms with van der Waals surface area (Å²) in [7, 11) is 0. The minimum atomic E-state index is -4.58. The summed E-state index contributed by atoms with van der Waals surface area (Å²) in [5.41, 5.74) is -1.36. The van der Waals surface area contributed by atoms with Gasteiger partial charge >= 0.3 is 6.18 Å². The van der Waals surface area contributed by atoms with E-state index < -0.39 is 23.7 Å². The molecule has 0 aliphatic carbocycles. The van der Waals surface area contributed by atoms with Crippen LogP contribution in [0, 0.1) is 11.7 Å². The van der Waals surface area contributed by atoms with Gasteiger partial charge in [0, 0.05) is 0 Å². The maximum absolute atomic E-state index is 13.0. The number of benzene rings is 1. The molecule has 0 aliphatic rings. The molecule has 1 rings (SSSR count). The predicted molar refractivity (Wildman–Crippen MR) is 60.4 cm³/mol. The Morgan fingerprint density at radius 2 is 1.89 bits per heavy atom. The Kier molecular flexibility index (Phi) is 4.73. The summed E-state index contributed by atoms with van der Waals surface area (Å²) in [5.74, 6) is -0.703. The highest BCUT2D eigenvalue weighted by molar-refractivity contribution is 5.32. The number of rotatable bonds is 4. The number of halogens is 4. The SMILES string of the molecule is CCC(C)CC(O)c1cc(F)ccc1C(F)(F)F. The van der Waals surface area contributed by atoms with E-state index in [1.807, 2.05) is 13.8 Å². The van der Waals surface area contributed by atoms with Crippen LogP contribution in [0.15, 0.2) is 18.2 Å². The van der Waals surface area contributed by atoms with Gasteiger partial charge in [-0.3, -0.25) is 0 Å². The molecule has 0 amide bonds. The lowest BCUT2D eigenvalue weighted by atomic mass is 9.93. The first kappa shape index (κ1) is 15.0. The summed E-state index contributed by atoms with van der Waals surface area (Å²) in [4.78, 5) is 0. The van der Waals surface area contributed by atoms with Crippen molar-refractivity contribution in [2.75, 3.05) is 0 Å². The Balaban J connectivity index is 3.09. The van der Waals surface area contributed by atoms with Gasteiger partial charge in [-0.2, -0.15) is 13.2 Å². The molecule has 0 spiro atoms. The lowest BCUT2D eigenvalue weighted by molar-refractivity contribution is -0.139. The fraction of sp³-hybridized carbons (Fsp3) is 0.538. The molecule has 2 atom stereocenters. The number of aliphatic hydroxyl groups excluding tert-OH is 1. The smallest absolute Gasteiger partial charge is 0.388 e. The van der Waals surface area contributed by atoms with Crippen molar-refractivity contribution in [2.45, 2.75) is 39.0 Å². The molecule has 0 saturated heterocycles. The van der Waals surface area contributed by atoms with E-state index in [4.69, 9.17) is 0 Å². The van der Waals surface area contributed by atoms with Crippen LogP contribution < -0.4 is 0 Å². The van der Waals surface area contributed by atoms with E-state index in [9.17, 15) is 22.7 Å². The third kappa shape index (κ3) is 3.70. The summed E-state index contributed by atoms with van der Waals surface area (Å²) in [5, 5.41) is 9.82. The van der Waals surface area contributed by atoms with Crippen LogP contribution in [0.2, 0.25) is 0 Å². The number of hydrogen-bond donors (Lipinski definition) is 1. The summed E-state index contributed by atoms with van der Waals surface area (Å²) in [6.45, 7) is 3.71. The second kappa shape index (κ2) is 5.69. The van der Waals surface area contributed by atoms with Gasteiger partial charge in [0.1, 0.15) is 5.82 Å². The van der Waals surface area contributed by atoms with Crippen LogP contribution in [0.3, 0.4) is 0 Å². The normalized spacial score (nSPS) is 15.5. The minimum absolute atomic E-state index is 0.0735. The van der Waals surface area contributed by atoms with Crippen molar-refractivity contribution in [3.05, 3.63) is 35.1 Å². The van der Waals surface area contributed by atoms with Crippen LogP contribution in [-0.4, -0.2) is 5.11 Å². The second-order valence-electron chi connectivity index (χ2n) is 4.49. The molecule has 0 saturated carbocycles. The van der Waals surface area contributed by atoms with E-state index in [0.29, 0.717) is 6.07 Å². The molecule has 1 N–H and O–H groups in total. The van der Waals surface area contributed by atoms with E-state index >= 15 is 0 Å². The Morgan fingerprint density at radius 3 is 2.39 bits per heavy atom. The maximum Gasteiger partial charge on any atom is 0.416 e. The standard InChI is InChI=1S/C13H16F4O/c1-3-8(2)6-12(18)10-7-9(14)4-5-11(10)13(15,16)17/h4-5,7-8,12,18H,3,6H2,1-2H3.